The van der Waals surface area contributed by atoms with Gasteiger partial charge in [-0.05, 0) is 18.4 Å². The van der Waals surface area contributed by atoms with Crippen LogP contribution in [-0.4, -0.2) is 35.3 Å². The normalized spacial score (nSPS) is 22.3. The van der Waals surface area contributed by atoms with Gasteiger partial charge in [-0.3, -0.25) is 9.59 Å². The molecule has 1 aromatic carbocycles. The van der Waals surface area contributed by atoms with Crippen molar-refractivity contribution in [3.63, 3.8) is 0 Å². The Morgan fingerprint density at radius 3 is 2.43 bits per heavy atom. The highest BCUT2D eigenvalue weighted by atomic mass is 16.2. The highest BCUT2D eigenvalue weighted by Crippen LogP contribution is 2.17. The molecular weight excluding hydrogens is 264 g/mol. The molecule has 4 nitrogen and oxygen atoms in total. The number of piperazine rings is 1. The summed E-state index contributed by atoms with van der Waals surface area (Å²) in [5.41, 5.74) is 1.07. The number of nitrogens with zero attached hydrogens (tertiary/aromatic N) is 1. The summed E-state index contributed by atoms with van der Waals surface area (Å²) in [5.74, 6) is 0.0459. The largest absolute Gasteiger partial charge is 0.342 e. The molecule has 2 amide bonds. The van der Waals surface area contributed by atoms with Gasteiger partial charge in [0.1, 0.15) is 12.1 Å². The van der Waals surface area contributed by atoms with Crippen LogP contribution < -0.4 is 5.32 Å². The Morgan fingerprint density at radius 1 is 1.10 bits per heavy atom. The molecule has 1 aliphatic heterocycles. The Labute approximate surface area is 126 Å². The van der Waals surface area contributed by atoms with Crippen molar-refractivity contribution in [3.8, 4) is 0 Å². The van der Waals surface area contributed by atoms with Crippen molar-refractivity contribution >= 4 is 11.8 Å². The number of hydrogen-bond donors (Lipinski definition) is 1. The zero-order valence-corrected chi connectivity index (χ0v) is 12.8. The number of amides is 2. The fourth-order valence-electron chi connectivity index (χ4n) is 2.88. The van der Waals surface area contributed by atoms with Crippen molar-refractivity contribution in [1.29, 1.82) is 0 Å². The molecule has 4 heteroatoms. The fraction of sp³-hybridized carbons (Fsp3) is 0.529. The van der Waals surface area contributed by atoms with Gasteiger partial charge in [-0.15, -0.1) is 0 Å². The predicted molar refractivity (Wildman–Crippen MR) is 82.8 cm³/mol. The van der Waals surface area contributed by atoms with Gasteiger partial charge in [0.15, 0.2) is 0 Å². The number of rotatable bonds is 6. The number of carbonyl (C=O) groups is 2. The Hall–Kier alpha value is -1.84. The summed E-state index contributed by atoms with van der Waals surface area (Å²) in [6.07, 6.45) is 3.06. The molecule has 0 aromatic heterocycles. The SMILES string of the molecule is CCCC1C(=O)NC(Cc2ccccc2)C(=O)N1CCC. The molecule has 1 fully saturated rings. The first kappa shape index (κ1) is 15.5. The third-order valence-corrected chi connectivity index (χ3v) is 3.89. The summed E-state index contributed by atoms with van der Waals surface area (Å²) in [6.45, 7) is 4.73. The van der Waals surface area contributed by atoms with E-state index < -0.39 is 6.04 Å². The second-order valence-corrected chi connectivity index (χ2v) is 5.59. The number of benzene rings is 1. The van der Waals surface area contributed by atoms with Crippen LogP contribution in [0.4, 0.5) is 0 Å². The van der Waals surface area contributed by atoms with Crippen molar-refractivity contribution in [2.24, 2.45) is 0 Å². The predicted octanol–water partition coefficient (Wildman–Crippen LogP) is 2.13. The number of hydrogen-bond acceptors (Lipinski definition) is 2. The van der Waals surface area contributed by atoms with Gasteiger partial charge in [-0.25, -0.2) is 0 Å². The maximum atomic E-state index is 12.7. The van der Waals surface area contributed by atoms with Crippen molar-refractivity contribution < 1.29 is 9.59 Å². The van der Waals surface area contributed by atoms with Gasteiger partial charge in [0.2, 0.25) is 11.8 Å². The molecule has 0 spiro atoms. The van der Waals surface area contributed by atoms with Crippen LogP contribution in [0.5, 0.6) is 0 Å². The van der Waals surface area contributed by atoms with Crippen molar-refractivity contribution in [1.82, 2.24) is 10.2 Å². The lowest BCUT2D eigenvalue weighted by Gasteiger charge is -2.39. The third kappa shape index (κ3) is 3.63. The van der Waals surface area contributed by atoms with E-state index >= 15 is 0 Å². The topological polar surface area (TPSA) is 49.4 Å². The Balaban J connectivity index is 2.14. The van der Waals surface area contributed by atoms with E-state index in [4.69, 9.17) is 0 Å². The quantitative estimate of drug-likeness (QED) is 0.872. The molecule has 114 valence electrons. The second-order valence-electron chi connectivity index (χ2n) is 5.59. The molecule has 1 aromatic rings. The van der Waals surface area contributed by atoms with Gasteiger partial charge in [0.05, 0.1) is 0 Å². The van der Waals surface area contributed by atoms with E-state index in [2.05, 4.69) is 5.32 Å². The van der Waals surface area contributed by atoms with E-state index in [0.717, 1.165) is 24.8 Å². The first-order valence-corrected chi connectivity index (χ1v) is 7.82. The van der Waals surface area contributed by atoms with Gasteiger partial charge >= 0.3 is 0 Å². The average molecular weight is 288 g/mol. The van der Waals surface area contributed by atoms with Crippen LogP contribution in [0.15, 0.2) is 30.3 Å². The van der Waals surface area contributed by atoms with Crippen molar-refractivity contribution in [2.75, 3.05) is 6.54 Å². The zero-order chi connectivity index (χ0) is 15.2. The van der Waals surface area contributed by atoms with E-state index in [1.165, 1.54) is 0 Å². The minimum absolute atomic E-state index is 0.00849. The standard InChI is InChI=1S/C17H24N2O2/c1-3-8-15-16(20)18-14(17(21)19(15)11-4-2)12-13-9-6-5-7-10-13/h5-7,9-10,14-15H,3-4,8,11-12H2,1-2H3,(H,18,20). The molecule has 1 saturated heterocycles. The van der Waals surface area contributed by atoms with Gasteiger partial charge in [-0.1, -0.05) is 50.6 Å². The van der Waals surface area contributed by atoms with E-state index in [9.17, 15) is 9.59 Å². The van der Waals surface area contributed by atoms with E-state index in [1.807, 2.05) is 44.2 Å². The highest BCUT2D eigenvalue weighted by Gasteiger charge is 2.39. The Morgan fingerprint density at radius 2 is 1.81 bits per heavy atom. The smallest absolute Gasteiger partial charge is 0.246 e. The van der Waals surface area contributed by atoms with Crippen LogP contribution in [-0.2, 0) is 16.0 Å². The Kier molecular flexibility index (Phi) is 5.37. The average Bonchev–Trinajstić information content (AvgIpc) is 2.49. The van der Waals surface area contributed by atoms with Crippen LogP contribution in [0.2, 0.25) is 0 Å². The van der Waals surface area contributed by atoms with Crippen LogP contribution in [0.25, 0.3) is 0 Å². The van der Waals surface area contributed by atoms with Crippen molar-refractivity contribution in [3.05, 3.63) is 35.9 Å². The lowest BCUT2D eigenvalue weighted by molar-refractivity contribution is -0.149. The van der Waals surface area contributed by atoms with Gasteiger partial charge in [0, 0.05) is 13.0 Å². The first-order chi connectivity index (χ1) is 10.2. The summed E-state index contributed by atoms with van der Waals surface area (Å²) in [7, 11) is 0. The lowest BCUT2D eigenvalue weighted by atomic mass is 9.98. The van der Waals surface area contributed by atoms with E-state index in [-0.39, 0.29) is 17.9 Å². The molecule has 21 heavy (non-hydrogen) atoms. The third-order valence-electron chi connectivity index (χ3n) is 3.89. The van der Waals surface area contributed by atoms with E-state index in [0.29, 0.717) is 13.0 Å². The fourth-order valence-corrected chi connectivity index (χ4v) is 2.88. The van der Waals surface area contributed by atoms with Gasteiger partial charge in [0.25, 0.3) is 0 Å². The zero-order valence-electron chi connectivity index (χ0n) is 12.8. The number of nitrogens with one attached hydrogen (secondary N) is 1. The molecule has 1 N–H and O–H groups in total. The summed E-state index contributed by atoms with van der Waals surface area (Å²) < 4.78 is 0. The maximum Gasteiger partial charge on any atom is 0.246 e. The summed E-state index contributed by atoms with van der Waals surface area (Å²) >= 11 is 0. The molecule has 1 heterocycles. The summed E-state index contributed by atoms with van der Waals surface area (Å²) in [5, 5.41) is 2.91. The molecule has 0 bridgehead atoms. The minimum Gasteiger partial charge on any atom is -0.342 e. The van der Waals surface area contributed by atoms with Crippen molar-refractivity contribution in [2.45, 2.75) is 51.6 Å². The van der Waals surface area contributed by atoms with Crippen LogP contribution in [0, 0.1) is 0 Å². The second kappa shape index (κ2) is 7.25. The molecule has 2 rings (SSSR count). The molecule has 0 aliphatic carbocycles. The molecule has 1 aliphatic rings. The molecule has 2 unspecified atom stereocenters. The number of carbonyl (C=O) groups excluding carboxylic acids is 2. The molecule has 2 atom stereocenters. The minimum atomic E-state index is -0.431. The highest BCUT2D eigenvalue weighted by molar-refractivity contribution is 5.97. The molecule has 0 saturated carbocycles. The Bertz CT molecular complexity index is 487. The molecule has 0 radical (unpaired) electrons. The molecular formula is C17H24N2O2. The van der Waals surface area contributed by atoms with Crippen LogP contribution >= 0.6 is 0 Å². The van der Waals surface area contributed by atoms with Crippen LogP contribution in [0.1, 0.15) is 38.7 Å². The summed E-state index contributed by atoms with van der Waals surface area (Å²) in [6, 6.07) is 9.10. The lowest BCUT2D eigenvalue weighted by Crippen LogP contribution is -2.63. The monoisotopic (exact) mass is 288 g/mol. The van der Waals surface area contributed by atoms with Gasteiger partial charge in [-0.2, -0.15) is 0 Å². The maximum absolute atomic E-state index is 12.7. The van der Waals surface area contributed by atoms with E-state index in [1.54, 1.807) is 4.90 Å². The van der Waals surface area contributed by atoms with Gasteiger partial charge < -0.3 is 10.2 Å². The summed E-state index contributed by atoms with van der Waals surface area (Å²) in [4.78, 5) is 26.7. The van der Waals surface area contributed by atoms with Crippen LogP contribution in [0.3, 0.4) is 0 Å². The first-order valence-electron chi connectivity index (χ1n) is 7.82.